The Labute approximate surface area is 172 Å². The molecule has 0 amide bonds. The Morgan fingerprint density at radius 3 is 2.36 bits per heavy atom. The van der Waals surface area contributed by atoms with E-state index >= 15 is 0 Å². The Hall–Kier alpha value is -1.17. The summed E-state index contributed by atoms with van der Waals surface area (Å²) in [5, 5.41) is 0. The predicted octanol–water partition coefficient (Wildman–Crippen LogP) is 4.76. The van der Waals surface area contributed by atoms with Gasteiger partial charge in [0.15, 0.2) is 0 Å². The smallest absolute Gasteiger partial charge is 0.325 e. The second-order valence-electron chi connectivity index (χ2n) is 7.63. The summed E-state index contributed by atoms with van der Waals surface area (Å²) >= 11 is 1.82. The van der Waals surface area contributed by atoms with Gasteiger partial charge >= 0.3 is 7.60 Å². The highest BCUT2D eigenvalue weighted by Crippen LogP contribution is 2.37. The van der Waals surface area contributed by atoms with Crippen LogP contribution in [0, 0.1) is 0 Å². The monoisotopic (exact) mass is 425 g/mol. The molecule has 0 aliphatic rings. The summed E-state index contributed by atoms with van der Waals surface area (Å²) in [4.78, 5) is 20.7. The van der Waals surface area contributed by atoms with Crippen LogP contribution in [0.25, 0.3) is 0 Å². The minimum atomic E-state index is -3.98. The van der Waals surface area contributed by atoms with Crippen LogP contribution in [0.1, 0.15) is 48.8 Å². The summed E-state index contributed by atoms with van der Waals surface area (Å²) in [6.45, 7) is 2.62. The third kappa shape index (κ3) is 9.85. The topological polar surface area (TPSA) is 92.8 Å². The third-order valence-corrected chi connectivity index (χ3v) is 6.72. The van der Waals surface area contributed by atoms with Gasteiger partial charge in [-0.15, -0.1) is 11.3 Å². The number of nitrogens with two attached hydrogens (primary N) is 1. The Kier molecular flexibility index (Phi) is 9.19. The molecule has 1 heterocycles. The van der Waals surface area contributed by atoms with Crippen LogP contribution >= 0.6 is 18.9 Å². The van der Waals surface area contributed by atoms with Crippen molar-refractivity contribution >= 4 is 18.9 Å². The van der Waals surface area contributed by atoms with Crippen LogP contribution < -0.4 is 10.5 Å². The molecule has 4 N–H and O–H groups in total. The van der Waals surface area contributed by atoms with Crippen molar-refractivity contribution in [2.45, 2.75) is 57.4 Å². The van der Waals surface area contributed by atoms with Gasteiger partial charge in [0.2, 0.25) is 0 Å². The Bertz CT molecular complexity index is 742. The largest absolute Gasteiger partial charge is 0.494 e. The van der Waals surface area contributed by atoms with E-state index in [1.807, 2.05) is 48.6 Å². The maximum absolute atomic E-state index is 11.0. The van der Waals surface area contributed by atoms with E-state index in [9.17, 15) is 4.57 Å². The first-order valence-corrected chi connectivity index (χ1v) is 12.4. The van der Waals surface area contributed by atoms with E-state index in [1.165, 1.54) is 9.75 Å². The predicted molar refractivity (Wildman–Crippen MR) is 116 cm³/mol. The van der Waals surface area contributed by atoms with E-state index in [0.717, 1.165) is 50.9 Å². The number of unbranched alkanes of at least 4 members (excludes halogenated alkanes) is 2. The van der Waals surface area contributed by atoms with Gasteiger partial charge < -0.3 is 20.3 Å². The molecule has 1 aromatic carbocycles. The molecule has 0 aliphatic heterocycles. The van der Waals surface area contributed by atoms with Gasteiger partial charge in [-0.3, -0.25) is 4.57 Å². The second-order valence-corrected chi connectivity index (χ2v) is 10.7. The number of ether oxygens (including phenoxy) is 1. The molecule has 0 spiro atoms. The van der Waals surface area contributed by atoms with Gasteiger partial charge in [0.05, 0.1) is 12.8 Å². The highest BCUT2D eigenvalue weighted by molar-refractivity contribution is 7.51. The quantitative estimate of drug-likeness (QED) is 0.318. The van der Waals surface area contributed by atoms with Crippen molar-refractivity contribution in [3.05, 3.63) is 52.2 Å². The van der Waals surface area contributed by atoms with Crippen molar-refractivity contribution in [3.63, 3.8) is 0 Å². The molecular weight excluding hydrogens is 393 g/mol. The molecule has 1 aromatic heterocycles. The zero-order valence-electron chi connectivity index (χ0n) is 16.5. The van der Waals surface area contributed by atoms with Crippen LogP contribution in [-0.4, -0.2) is 28.1 Å². The summed E-state index contributed by atoms with van der Waals surface area (Å²) in [6.07, 6.45) is 6.18. The van der Waals surface area contributed by atoms with Gasteiger partial charge in [-0.1, -0.05) is 18.2 Å². The number of rotatable bonds is 13. The summed E-state index contributed by atoms with van der Waals surface area (Å²) < 4.78 is 16.7. The van der Waals surface area contributed by atoms with Crippen LogP contribution in [-0.2, 0) is 17.4 Å². The fraction of sp³-hybridized carbons (Fsp3) is 0.524. The number of para-hydroxylation sites is 1. The van der Waals surface area contributed by atoms with Gasteiger partial charge in [-0.25, -0.2) is 0 Å². The molecule has 0 aliphatic carbocycles. The first-order valence-electron chi connectivity index (χ1n) is 9.82. The average Bonchev–Trinajstić information content (AvgIpc) is 3.10. The molecule has 2 aromatic rings. The highest BCUT2D eigenvalue weighted by atomic mass is 32.1. The summed E-state index contributed by atoms with van der Waals surface area (Å²) in [6, 6.07) is 14.2. The Balaban J connectivity index is 1.60. The first kappa shape index (κ1) is 23.1. The van der Waals surface area contributed by atoms with Crippen molar-refractivity contribution in [2.75, 3.05) is 12.8 Å². The number of hydrogen-bond donors (Lipinski definition) is 3. The molecule has 7 heteroatoms. The molecule has 28 heavy (non-hydrogen) atoms. The molecule has 0 fully saturated rings. The van der Waals surface area contributed by atoms with Crippen molar-refractivity contribution in [3.8, 4) is 5.75 Å². The summed E-state index contributed by atoms with van der Waals surface area (Å²) in [5.74, 6) is 0.929. The van der Waals surface area contributed by atoms with Crippen LogP contribution in [0.2, 0.25) is 0 Å². The number of hydrogen-bond acceptors (Lipinski definition) is 4. The molecule has 2 rings (SSSR count). The van der Waals surface area contributed by atoms with E-state index in [4.69, 9.17) is 20.3 Å². The second kappa shape index (κ2) is 11.1. The summed E-state index contributed by atoms with van der Waals surface area (Å²) in [7, 11) is -3.98. The lowest BCUT2D eigenvalue weighted by Gasteiger charge is -2.24. The maximum atomic E-state index is 11.0. The number of aryl methyl sites for hydroxylation is 2. The minimum absolute atomic E-state index is 0.149. The van der Waals surface area contributed by atoms with Crippen molar-refractivity contribution in [1.82, 2.24) is 0 Å². The Morgan fingerprint density at radius 1 is 1.00 bits per heavy atom. The van der Waals surface area contributed by atoms with E-state index in [0.29, 0.717) is 6.42 Å². The fourth-order valence-electron chi connectivity index (χ4n) is 2.91. The highest BCUT2D eigenvalue weighted by Gasteiger charge is 2.23. The molecule has 5 nitrogen and oxygen atoms in total. The van der Waals surface area contributed by atoms with Gasteiger partial charge in [0.25, 0.3) is 0 Å². The lowest BCUT2D eigenvalue weighted by Crippen LogP contribution is -2.37. The molecule has 1 unspecified atom stereocenters. The number of benzene rings is 1. The Morgan fingerprint density at radius 2 is 1.68 bits per heavy atom. The van der Waals surface area contributed by atoms with Crippen molar-refractivity contribution in [1.29, 1.82) is 0 Å². The lowest BCUT2D eigenvalue weighted by atomic mass is 9.94. The van der Waals surface area contributed by atoms with Gasteiger partial charge in [-0.05, 0) is 76.1 Å². The van der Waals surface area contributed by atoms with Gasteiger partial charge in [-0.2, -0.15) is 0 Å². The molecule has 156 valence electrons. The lowest BCUT2D eigenvalue weighted by molar-refractivity contribution is 0.305. The van der Waals surface area contributed by atoms with Crippen LogP contribution in [0.3, 0.4) is 0 Å². The average molecular weight is 426 g/mol. The van der Waals surface area contributed by atoms with Gasteiger partial charge in [0.1, 0.15) is 5.75 Å². The van der Waals surface area contributed by atoms with E-state index in [2.05, 4.69) is 12.1 Å². The number of thiophene rings is 1. The molecule has 0 bridgehead atoms. The van der Waals surface area contributed by atoms with Crippen LogP contribution in [0.5, 0.6) is 5.75 Å². The fourth-order valence-corrected chi connectivity index (χ4v) is 4.77. The normalized spacial score (nSPS) is 14.0. The van der Waals surface area contributed by atoms with E-state index in [1.54, 1.807) is 0 Å². The SMILES string of the molecule is CC(N)(CCc1ccc(CCCCCOc2ccccc2)s1)CCP(=O)(O)O. The zero-order chi connectivity index (χ0) is 20.5. The molecule has 0 saturated carbocycles. The molecule has 0 saturated heterocycles. The third-order valence-electron chi connectivity index (χ3n) is 4.71. The summed E-state index contributed by atoms with van der Waals surface area (Å²) in [5.41, 5.74) is 5.65. The van der Waals surface area contributed by atoms with Crippen LogP contribution in [0.15, 0.2) is 42.5 Å². The van der Waals surface area contributed by atoms with Crippen LogP contribution in [0.4, 0.5) is 0 Å². The maximum Gasteiger partial charge on any atom is 0.325 e. The van der Waals surface area contributed by atoms with Gasteiger partial charge in [0, 0.05) is 15.3 Å². The molecule has 0 radical (unpaired) electrons. The van der Waals surface area contributed by atoms with E-state index in [-0.39, 0.29) is 6.16 Å². The first-order chi connectivity index (χ1) is 13.2. The van der Waals surface area contributed by atoms with Crippen molar-refractivity contribution in [2.24, 2.45) is 5.73 Å². The standard InChI is InChI=1S/C21H32NO4PS/c1-21(22,15-17-27(23,24)25)14-13-20-12-11-19(28-20)10-6-3-7-16-26-18-8-4-2-5-9-18/h2,4-5,8-9,11-12H,3,6-7,10,13-17,22H2,1H3,(H2,23,24,25). The zero-order valence-corrected chi connectivity index (χ0v) is 18.3. The van der Waals surface area contributed by atoms with E-state index < -0.39 is 13.1 Å². The van der Waals surface area contributed by atoms with Crippen molar-refractivity contribution < 1.29 is 19.1 Å². The molecular formula is C21H32NO4PS. The minimum Gasteiger partial charge on any atom is -0.494 e. The molecule has 1 atom stereocenters.